The largest absolute Gasteiger partial charge is 0.495 e. The molecule has 0 radical (unpaired) electrons. The third kappa shape index (κ3) is 5.81. The molecule has 0 saturated carbocycles. The molecule has 0 fully saturated rings. The highest BCUT2D eigenvalue weighted by Gasteiger charge is 2.20. The van der Waals surface area contributed by atoms with Crippen LogP contribution < -0.4 is 15.4 Å². The lowest BCUT2D eigenvalue weighted by atomic mass is 10.1. The van der Waals surface area contributed by atoms with Gasteiger partial charge in [0, 0.05) is 11.9 Å². The number of aromatic nitrogens is 2. The lowest BCUT2D eigenvalue weighted by molar-refractivity contribution is 0.232. The lowest BCUT2D eigenvalue weighted by Crippen LogP contribution is -2.37. The van der Waals surface area contributed by atoms with Crippen molar-refractivity contribution in [3.8, 4) is 11.4 Å². The van der Waals surface area contributed by atoms with Crippen LogP contribution in [0.15, 0.2) is 96.1 Å². The van der Waals surface area contributed by atoms with Gasteiger partial charge in [0.05, 0.1) is 31.4 Å². The molecule has 3 aromatic carbocycles. The standard InChI is InChI=1S/C29H28FN5O2/c1-20-18-35(19-32-20)25-13-8-21(16-26(25)36-2)17-27-29(31-14-15-37-27)34-28(22-6-4-3-5-7-22)33-24-11-9-23(30)10-12-24/h3-13,16-19,28,33H,14-15H2,1-2H3,(H,31,34)/b27-17-. The highest BCUT2D eigenvalue weighted by atomic mass is 19.1. The number of nitrogens with one attached hydrogen (secondary N) is 2. The molecule has 0 spiro atoms. The van der Waals surface area contributed by atoms with Crippen molar-refractivity contribution in [2.24, 2.45) is 4.99 Å². The molecule has 0 amide bonds. The van der Waals surface area contributed by atoms with E-state index in [-0.39, 0.29) is 12.0 Å². The number of hydrogen-bond acceptors (Lipinski definition) is 6. The van der Waals surface area contributed by atoms with E-state index < -0.39 is 0 Å². The first-order valence-corrected chi connectivity index (χ1v) is 12.0. The van der Waals surface area contributed by atoms with Crippen LogP contribution >= 0.6 is 0 Å². The second-order valence-corrected chi connectivity index (χ2v) is 8.58. The summed E-state index contributed by atoms with van der Waals surface area (Å²) < 4.78 is 27.1. The van der Waals surface area contributed by atoms with Crippen molar-refractivity contribution in [3.63, 3.8) is 0 Å². The summed E-state index contributed by atoms with van der Waals surface area (Å²) >= 11 is 0. The van der Waals surface area contributed by atoms with E-state index in [0.717, 1.165) is 28.2 Å². The van der Waals surface area contributed by atoms with Crippen LogP contribution in [0, 0.1) is 12.7 Å². The summed E-state index contributed by atoms with van der Waals surface area (Å²) in [5.41, 5.74) is 4.51. The summed E-state index contributed by atoms with van der Waals surface area (Å²) in [6.45, 7) is 2.98. The van der Waals surface area contributed by atoms with Gasteiger partial charge in [0.1, 0.15) is 24.3 Å². The average Bonchev–Trinajstić information content (AvgIpc) is 3.37. The van der Waals surface area contributed by atoms with Crippen LogP contribution in [-0.2, 0) is 4.74 Å². The molecule has 0 saturated heterocycles. The molecular formula is C29H28FN5O2. The highest BCUT2D eigenvalue weighted by molar-refractivity contribution is 6.01. The maximum atomic E-state index is 13.5. The lowest BCUT2D eigenvalue weighted by Gasteiger charge is -2.26. The van der Waals surface area contributed by atoms with Gasteiger partial charge in [-0.25, -0.2) is 9.37 Å². The molecule has 1 aliphatic heterocycles. The van der Waals surface area contributed by atoms with E-state index in [1.165, 1.54) is 12.1 Å². The summed E-state index contributed by atoms with van der Waals surface area (Å²) in [7, 11) is 1.65. The maximum Gasteiger partial charge on any atom is 0.166 e. The number of methoxy groups -OCH3 is 1. The predicted octanol–water partition coefficient (Wildman–Crippen LogP) is 5.50. The zero-order valence-electron chi connectivity index (χ0n) is 20.7. The van der Waals surface area contributed by atoms with Crippen molar-refractivity contribution in [2.45, 2.75) is 13.1 Å². The van der Waals surface area contributed by atoms with Gasteiger partial charge in [-0.05, 0) is 60.5 Å². The Balaban J connectivity index is 1.43. The quantitative estimate of drug-likeness (QED) is 0.330. The van der Waals surface area contributed by atoms with Gasteiger partial charge in [0.2, 0.25) is 0 Å². The number of amidine groups is 1. The maximum absolute atomic E-state index is 13.5. The third-order valence-electron chi connectivity index (χ3n) is 5.91. The Kier molecular flexibility index (Phi) is 7.16. The van der Waals surface area contributed by atoms with Gasteiger partial charge in [-0.15, -0.1) is 0 Å². The Morgan fingerprint density at radius 1 is 1.05 bits per heavy atom. The van der Waals surface area contributed by atoms with E-state index in [0.29, 0.717) is 30.5 Å². The van der Waals surface area contributed by atoms with Crippen molar-refractivity contribution in [3.05, 3.63) is 114 Å². The van der Waals surface area contributed by atoms with Crippen LogP contribution in [0.4, 0.5) is 10.1 Å². The van der Waals surface area contributed by atoms with Crippen LogP contribution in [0.5, 0.6) is 5.75 Å². The van der Waals surface area contributed by atoms with Gasteiger partial charge in [0.25, 0.3) is 0 Å². The number of nitrogens with zero attached hydrogens (tertiary/aromatic N) is 3. The Morgan fingerprint density at radius 3 is 2.59 bits per heavy atom. The number of rotatable bonds is 7. The second kappa shape index (κ2) is 11.0. The average molecular weight is 498 g/mol. The van der Waals surface area contributed by atoms with Crippen molar-refractivity contribution in [1.82, 2.24) is 14.9 Å². The van der Waals surface area contributed by atoms with E-state index in [9.17, 15) is 4.39 Å². The number of anilines is 1. The summed E-state index contributed by atoms with van der Waals surface area (Å²) in [5.74, 6) is 1.69. The van der Waals surface area contributed by atoms with Crippen LogP contribution in [0.25, 0.3) is 11.8 Å². The number of benzene rings is 3. The predicted molar refractivity (Wildman–Crippen MR) is 143 cm³/mol. The molecule has 37 heavy (non-hydrogen) atoms. The highest BCUT2D eigenvalue weighted by Crippen LogP contribution is 2.27. The first kappa shape index (κ1) is 24.1. The van der Waals surface area contributed by atoms with Crippen LogP contribution in [0.3, 0.4) is 0 Å². The molecule has 2 N–H and O–H groups in total. The molecule has 188 valence electrons. The summed E-state index contributed by atoms with van der Waals surface area (Å²) in [4.78, 5) is 9.02. The fraction of sp³-hybridized carbons (Fsp3) is 0.172. The smallest absolute Gasteiger partial charge is 0.166 e. The molecule has 5 rings (SSSR count). The number of aliphatic imine (C=N–C) groups is 1. The Bertz CT molecular complexity index is 1410. The fourth-order valence-corrected chi connectivity index (χ4v) is 4.09. The first-order valence-electron chi connectivity index (χ1n) is 12.0. The zero-order valence-corrected chi connectivity index (χ0v) is 20.7. The number of hydrogen-bond donors (Lipinski definition) is 2. The van der Waals surface area contributed by atoms with Crippen molar-refractivity contribution >= 4 is 17.6 Å². The summed E-state index contributed by atoms with van der Waals surface area (Å²) in [5, 5.41) is 6.91. The summed E-state index contributed by atoms with van der Waals surface area (Å²) in [6.07, 6.45) is 5.34. The minimum absolute atomic E-state index is 0.283. The van der Waals surface area contributed by atoms with Crippen LogP contribution in [-0.4, -0.2) is 35.6 Å². The normalized spacial score (nSPS) is 15.0. The number of ether oxygens (including phenoxy) is 2. The molecule has 1 aromatic heterocycles. The molecule has 1 atom stereocenters. The minimum atomic E-state index is -0.322. The van der Waals surface area contributed by atoms with Gasteiger partial charge in [0.15, 0.2) is 11.6 Å². The molecule has 2 heterocycles. The molecule has 7 nitrogen and oxygen atoms in total. The second-order valence-electron chi connectivity index (χ2n) is 8.58. The van der Waals surface area contributed by atoms with E-state index >= 15 is 0 Å². The van der Waals surface area contributed by atoms with Gasteiger partial charge < -0.3 is 24.7 Å². The van der Waals surface area contributed by atoms with E-state index in [4.69, 9.17) is 14.5 Å². The molecule has 1 aliphatic rings. The third-order valence-corrected chi connectivity index (χ3v) is 5.91. The zero-order chi connectivity index (χ0) is 25.6. The van der Waals surface area contributed by atoms with Gasteiger partial charge in [-0.3, -0.25) is 4.99 Å². The first-order chi connectivity index (χ1) is 18.1. The number of imidazole rings is 1. The molecule has 8 heteroatoms. The van der Waals surface area contributed by atoms with E-state index in [1.54, 1.807) is 25.6 Å². The van der Waals surface area contributed by atoms with Crippen LogP contribution in [0.2, 0.25) is 0 Å². The van der Waals surface area contributed by atoms with Crippen molar-refractivity contribution in [2.75, 3.05) is 25.6 Å². The molecule has 4 aromatic rings. The van der Waals surface area contributed by atoms with Crippen LogP contribution in [0.1, 0.15) is 23.0 Å². The van der Waals surface area contributed by atoms with Crippen molar-refractivity contribution < 1.29 is 13.9 Å². The van der Waals surface area contributed by atoms with Gasteiger partial charge in [-0.1, -0.05) is 36.4 Å². The molecule has 0 bridgehead atoms. The SMILES string of the molecule is COc1cc(/C=C2\OCCN=C2NC(Nc2ccc(F)cc2)c2ccccc2)ccc1-n1cnc(C)c1. The monoisotopic (exact) mass is 497 g/mol. The Hall–Kier alpha value is -4.59. The van der Waals surface area contributed by atoms with Crippen molar-refractivity contribution in [1.29, 1.82) is 0 Å². The Morgan fingerprint density at radius 2 is 1.86 bits per heavy atom. The van der Waals surface area contributed by atoms with E-state index in [2.05, 4.69) is 15.6 Å². The van der Waals surface area contributed by atoms with Gasteiger partial charge >= 0.3 is 0 Å². The minimum Gasteiger partial charge on any atom is -0.495 e. The number of aryl methyl sites for hydroxylation is 1. The van der Waals surface area contributed by atoms with Gasteiger partial charge in [-0.2, -0.15) is 0 Å². The van der Waals surface area contributed by atoms with E-state index in [1.807, 2.05) is 72.3 Å². The topological polar surface area (TPSA) is 72.7 Å². The fourth-order valence-electron chi connectivity index (χ4n) is 4.09. The Labute approximate surface area is 215 Å². The molecular weight excluding hydrogens is 469 g/mol. The number of halogens is 1. The molecule has 0 aliphatic carbocycles. The summed E-state index contributed by atoms with van der Waals surface area (Å²) in [6, 6.07) is 22.2. The molecule has 1 unspecified atom stereocenters.